The largest absolute Gasteiger partial charge is 0.337 e. The Labute approximate surface area is 207 Å². The van der Waals surface area contributed by atoms with Crippen LogP contribution in [-0.2, 0) is 4.79 Å². The first kappa shape index (κ1) is 24.0. The van der Waals surface area contributed by atoms with E-state index in [1.54, 1.807) is 48.2 Å². The molecule has 9 nitrogen and oxygen atoms in total. The van der Waals surface area contributed by atoms with Crippen LogP contribution in [0.15, 0.2) is 42.6 Å². The van der Waals surface area contributed by atoms with E-state index in [0.717, 1.165) is 12.8 Å². The summed E-state index contributed by atoms with van der Waals surface area (Å²) in [7, 11) is 0. The Morgan fingerprint density at radius 3 is 2.69 bits per heavy atom. The van der Waals surface area contributed by atoms with Gasteiger partial charge in [0.1, 0.15) is 17.2 Å². The number of benzene rings is 1. The summed E-state index contributed by atoms with van der Waals surface area (Å²) in [6, 6.07) is 9.38. The van der Waals surface area contributed by atoms with Crippen molar-refractivity contribution >= 4 is 35.5 Å². The van der Waals surface area contributed by atoms with E-state index >= 15 is 0 Å². The first-order chi connectivity index (χ1) is 16.9. The number of likely N-dealkylation sites (tertiary alicyclic amines) is 1. The molecular formula is C25H23ClN6O3. The lowest BCUT2D eigenvalue weighted by atomic mass is 10.0. The maximum Gasteiger partial charge on any atom is 0.299 e. The average Bonchev–Trinajstić information content (AvgIpc) is 3.20. The van der Waals surface area contributed by atoms with E-state index < -0.39 is 0 Å². The van der Waals surface area contributed by atoms with Gasteiger partial charge in [0.25, 0.3) is 11.8 Å². The van der Waals surface area contributed by atoms with Gasteiger partial charge in [-0.05, 0) is 56.4 Å². The molecule has 3 heterocycles. The topological polar surface area (TPSA) is 123 Å². The van der Waals surface area contributed by atoms with E-state index in [0.29, 0.717) is 52.7 Å². The number of amides is 2. The van der Waals surface area contributed by atoms with Gasteiger partial charge < -0.3 is 16.1 Å². The zero-order valence-corrected chi connectivity index (χ0v) is 19.7. The highest BCUT2D eigenvalue weighted by molar-refractivity contribution is 6.30. The normalized spacial score (nSPS) is 15.1. The number of aromatic nitrogens is 3. The number of anilines is 1. The molecule has 0 saturated carbocycles. The lowest BCUT2D eigenvalue weighted by Crippen LogP contribution is -2.39. The summed E-state index contributed by atoms with van der Waals surface area (Å²) in [5, 5.41) is 3.14. The van der Waals surface area contributed by atoms with Gasteiger partial charge in [0.15, 0.2) is 12.1 Å². The van der Waals surface area contributed by atoms with E-state index in [1.807, 2.05) is 0 Å². The Morgan fingerprint density at radius 1 is 1.23 bits per heavy atom. The van der Waals surface area contributed by atoms with Gasteiger partial charge in [-0.25, -0.2) is 14.6 Å². The summed E-state index contributed by atoms with van der Waals surface area (Å²) in [6.45, 7) is 2.15. The number of halogens is 1. The summed E-state index contributed by atoms with van der Waals surface area (Å²) in [4.78, 5) is 47.4. The monoisotopic (exact) mass is 490 g/mol. The number of nitrogens with zero attached hydrogens (tertiary/aromatic N) is 4. The summed E-state index contributed by atoms with van der Waals surface area (Å²) in [5.41, 5.74) is 1.55. The third kappa shape index (κ3) is 5.03. The van der Waals surface area contributed by atoms with Gasteiger partial charge in [0.2, 0.25) is 0 Å². The Morgan fingerprint density at radius 2 is 2.00 bits per heavy atom. The molecule has 0 aliphatic carbocycles. The van der Waals surface area contributed by atoms with Crippen molar-refractivity contribution in [1.29, 1.82) is 0 Å². The van der Waals surface area contributed by atoms with Crippen molar-refractivity contribution in [3.63, 3.8) is 0 Å². The molecule has 1 atom stereocenters. The van der Waals surface area contributed by atoms with Crippen molar-refractivity contribution in [1.82, 2.24) is 19.5 Å². The number of piperidine rings is 1. The second-order valence-corrected chi connectivity index (χ2v) is 8.40. The number of imidazole rings is 1. The number of nitrogens with one attached hydrogen (secondary N) is 1. The van der Waals surface area contributed by atoms with Gasteiger partial charge in [0.05, 0.1) is 6.04 Å². The quantitative estimate of drug-likeness (QED) is 0.321. The first-order valence-corrected chi connectivity index (χ1v) is 11.4. The summed E-state index contributed by atoms with van der Waals surface area (Å²) in [6.07, 6.45) is 4.56. The highest BCUT2D eigenvalue weighted by Crippen LogP contribution is 2.33. The molecule has 2 aromatic heterocycles. The van der Waals surface area contributed by atoms with Crippen molar-refractivity contribution in [2.24, 2.45) is 0 Å². The van der Waals surface area contributed by atoms with Gasteiger partial charge >= 0.3 is 0 Å². The summed E-state index contributed by atoms with van der Waals surface area (Å²) < 4.78 is 1.24. The number of rotatable bonds is 5. The average molecular weight is 491 g/mol. The van der Waals surface area contributed by atoms with Gasteiger partial charge in [-0.2, -0.15) is 0 Å². The fourth-order valence-electron chi connectivity index (χ4n) is 4.09. The lowest BCUT2D eigenvalue weighted by molar-refractivity contribution is -0.129. The minimum Gasteiger partial charge on any atom is -0.337 e. The zero-order valence-electron chi connectivity index (χ0n) is 19.0. The third-order valence-corrected chi connectivity index (χ3v) is 6.00. The highest BCUT2D eigenvalue weighted by atomic mass is 35.5. The number of aldehydes is 1. The number of nitrogen functional groups attached to an aromatic ring is 1. The van der Waals surface area contributed by atoms with Crippen LogP contribution in [0.25, 0.3) is 11.3 Å². The van der Waals surface area contributed by atoms with Gasteiger partial charge in [-0.15, -0.1) is 0 Å². The van der Waals surface area contributed by atoms with Crippen LogP contribution in [0.3, 0.4) is 0 Å². The van der Waals surface area contributed by atoms with Crippen LogP contribution < -0.4 is 11.2 Å². The molecule has 2 amide bonds. The fraction of sp³-hybridized carbons (Fsp3) is 0.240. The molecule has 3 aromatic rings. The molecule has 3 N–H and O–H groups in total. The SMILES string of the molecule is CC#CC(=O)N1CCCCC1c1nc(-c2ccc(C(=O)Nc3cc(Cl)ccn3)cc2)c(C=O)n1N. The predicted molar refractivity (Wildman–Crippen MR) is 132 cm³/mol. The van der Waals surface area contributed by atoms with Gasteiger partial charge in [-0.3, -0.25) is 14.4 Å². The van der Waals surface area contributed by atoms with E-state index in [4.69, 9.17) is 17.4 Å². The molecule has 0 radical (unpaired) electrons. The van der Waals surface area contributed by atoms with Crippen molar-refractivity contribution in [3.8, 4) is 23.1 Å². The summed E-state index contributed by atoms with van der Waals surface area (Å²) in [5.74, 6) is 11.6. The molecule has 0 bridgehead atoms. The molecule has 0 spiro atoms. The Kier molecular flexibility index (Phi) is 7.13. The maximum atomic E-state index is 12.6. The molecule has 1 fully saturated rings. The lowest BCUT2D eigenvalue weighted by Gasteiger charge is -2.33. The van der Waals surface area contributed by atoms with Crippen LogP contribution in [-0.4, -0.2) is 44.2 Å². The molecule has 10 heteroatoms. The molecule has 35 heavy (non-hydrogen) atoms. The maximum absolute atomic E-state index is 12.6. The number of carbonyl (C=O) groups is 3. The van der Waals surface area contributed by atoms with E-state index in [-0.39, 0.29) is 23.6 Å². The van der Waals surface area contributed by atoms with E-state index in [9.17, 15) is 14.4 Å². The van der Waals surface area contributed by atoms with Crippen molar-refractivity contribution in [2.75, 3.05) is 17.7 Å². The molecule has 178 valence electrons. The van der Waals surface area contributed by atoms with Crippen LogP contribution in [0.4, 0.5) is 5.82 Å². The molecule has 4 rings (SSSR count). The molecule has 1 aromatic carbocycles. The van der Waals surface area contributed by atoms with E-state index in [2.05, 4.69) is 27.1 Å². The van der Waals surface area contributed by atoms with Crippen molar-refractivity contribution in [3.05, 3.63) is 64.7 Å². The Bertz CT molecular complexity index is 1340. The van der Waals surface area contributed by atoms with Gasteiger partial charge in [0, 0.05) is 28.9 Å². The highest BCUT2D eigenvalue weighted by Gasteiger charge is 2.32. The molecular weight excluding hydrogens is 468 g/mol. The van der Waals surface area contributed by atoms with Crippen LogP contribution >= 0.6 is 11.6 Å². The molecule has 1 aliphatic rings. The second-order valence-electron chi connectivity index (χ2n) is 7.97. The van der Waals surface area contributed by atoms with E-state index in [1.165, 1.54) is 10.9 Å². The zero-order chi connectivity index (χ0) is 24.9. The number of pyridine rings is 1. The van der Waals surface area contributed by atoms with Crippen LogP contribution in [0.1, 0.15) is 58.9 Å². The second kappa shape index (κ2) is 10.4. The van der Waals surface area contributed by atoms with Gasteiger partial charge in [-0.1, -0.05) is 29.7 Å². The van der Waals surface area contributed by atoms with Crippen LogP contribution in [0.2, 0.25) is 5.02 Å². The molecule has 1 unspecified atom stereocenters. The number of hydrogen-bond acceptors (Lipinski definition) is 6. The smallest absolute Gasteiger partial charge is 0.299 e. The third-order valence-electron chi connectivity index (χ3n) is 5.76. The van der Waals surface area contributed by atoms with Crippen molar-refractivity contribution < 1.29 is 14.4 Å². The Hall–Kier alpha value is -4.16. The fourth-order valence-corrected chi connectivity index (χ4v) is 4.25. The number of carbonyl (C=O) groups excluding carboxylic acids is 3. The first-order valence-electron chi connectivity index (χ1n) is 11.0. The molecule has 1 saturated heterocycles. The minimum absolute atomic E-state index is 0.180. The van der Waals surface area contributed by atoms with Crippen molar-refractivity contribution in [2.45, 2.75) is 32.2 Å². The number of nitrogens with two attached hydrogens (primary N) is 1. The molecule has 1 aliphatic heterocycles. The van der Waals surface area contributed by atoms with Crippen LogP contribution in [0, 0.1) is 11.8 Å². The Balaban J connectivity index is 1.62. The van der Waals surface area contributed by atoms with Crippen LogP contribution in [0.5, 0.6) is 0 Å². The minimum atomic E-state index is -0.384. The predicted octanol–water partition coefficient (Wildman–Crippen LogP) is 3.45. The standard InChI is InChI=1S/C25H23ClN6O3/c1-2-5-22(34)31-13-4-3-6-19(31)24-30-23(20(15-33)32(24)27)16-7-9-17(10-8-16)25(35)29-21-14-18(26)11-12-28-21/h7-12,14-15,19H,3-4,6,13,27H2,1H3,(H,28,29,35). The number of hydrogen-bond donors (Lipinski definition) is 2. The summed E-state index contributed by atoms with van der Waals surface area (Å²) >= 11 is 5.94.